The number of alkyl carbamates (subject to hydrolysis) is 2. The van der Waals surface area contributed by atoms with Crippen molar-refractivity contribution < 1.29 is 56.4 Å². The van der Waals surface area contributed by atoms with Crippen molar-refractivity contribution in [1.29, 1.82) is 0 Å². The van der Waals surface area contributed by atoms with E-state index in [0.717, 1.165) is 34.6 Å². The zero-order chi connectivity index (χ0) is 55.4. The Balaban J connectivity index is 0.992. The molecule has 5 saturated heterocycles. The number of aromatic amines is 1. The van der Waals surface area contributed by atoms with Gasteiger partial charge in [-0.3, -0.25) is 14.4 Å². The molecule has 6 heterocycles. The quantitative estimate of drug-likeness (QED) is 0.0818. The van der Waals surface area contributed by atoms with Crippen molar-refractivity contribution in [2.45, 2.75) is 107 Å². The maximum Gasteiger partial charge on any atom is 0.407 e. The molecule has 1 spiro atoms. The number of fused-ring (bicyclic) bond motifs is 1. The van der Waals surface area contributed by atoms with Crippen molar-refractivity contribution in [3.05, 3.63) is 83.2 Å². The van der Waals surface area contributed by atoms with Crippen molar-refractivity contribution in [3.8, 4) is 0 Å². The molecule has 78 heavy (non-hydrogen) atoms. The number of ether oxygens (including phenoxy) is 5. The van der Waals surface area contributed by atoms with Gasteiger partial charge in [0.05, 0.1) is 62.2 Å². The number of halogens is 2. The van der Waals surface area contributed by atoms with Crippen LogP contribution in [0.15, 0.2) is 54.6 Å². The van der Waals surface area contributed by atoms with Gasteiger partial charge in [-0.05, 0) is 129 Å². The van der Waals surface area contributed by atoms with Gasteiger partial charge in [-0.1, -0.05) is 18.2 Å². The first-order valence-corrected chi connectivity index (χ1v) is 29.4. The summed E-state index contributed by atoms with van der Waals surface area (Å²) in [5.74, 6) is 2.55. The second-order valence-electron chi connectivity index (χ2n) is 21.4. The fraction of sp³-hybridized carbons (Fsp3) is 0.571. The van der Waals surface area contributed by atoms with Crippen LogP contribution in [0.1, 0.15) is 93.9 Å². The van der Waals surface area contributed by atoms with Crippen molar-refractivity contribution in [1.82, 2.24) is 30.4 Å². The molecule has 0 aliphatic carbocycles. The number of benzene rings is 3. The number of nitrogens with zero attached hydrogens (tertiary/aromatic N) is 5. The Labute approximate surface area is 456 Å². The second-order valence-corrected chi connectivity index (χ2v) is 25.5. The number of hydrogen-bond acceptors (Lipinski definition) is 13. The fourth-order valence-corrected chi connectivity index (χ4v) is 16.5. The lowest BCUT2D eigenvalue weighted by molar-refractivity contribution is -0.141. The zero-order valence-electron chi connectivity index (χ0n) is 45.7. The van der Waals surface area contributed by atoms with Crippen molar-refractivity contribution in [3.63, 3.8) is 0 Å². The third-order valence-electron chi connectivity index (χ3n) is 16.8. The van der Waals surface area contributed by atoms with Crippen molar-refractivity contribution >= 4 is 68.0 Å². The first kappa shape index (κ1) is 56.5. The van der Waals surface area contributed by atoms with Gasteiger partial charge in [0, 0.05) is 64.8 Å². The molecule has 5 fully saturated rings. The molecule has 0 bridgehead atoms. The molecule has 9 rings (SSSR count). The van der Waals surface area contributed by atoms with E-state index in [1.54, 1.807) is 38.0 Å². The highest BCUT2D eigenvalue weighted by atomic mass is 32.3. The van der Waals surface area contributed by atoms with Gasteiger partial charge in [-0.15, -0.1) is 0 Å². The topological polar surface area (TPSA) is 209 Å². The Hall–Kier alpha value is -6.23. The number of nitrogens with one attached hydrogen (secondary N) is 4. The van der Waals surface area contributed by atoms with Crippen LogP contribution in [0.5, 0.6) is 0 Å². The SMILES string of the molecule is COC[C@H]1C[C@@H](C(=O)Nc2ccc([C@H]3CC[C@H](c4ccc5nc([C@@H]6CCCN6C(=O)[C@@H](NC(=O)OC)[C@@H](C)OC)[nH]c5c4)N3c3cc(F)c(N4CCS5(CCCC5)CC4)c(F)c3)cc2)N(C(=O)[C@@H](NC(=O)OC)[C@@H](C)OC)C1. The van der Waals surface area contributed by atoms with Crippen LogP contribution in [-0.4, -0.2) is 171 Å². The summed E-state index contributed by atoms with van der Waals surface area (Å²) in [5, 5.41) is 8.20. The summed E-state index contributed by atoms with van der Waals surface area (Å²) in [6.45, 7) is 5.63. The molecule has 4 N–H and O–H groups in total. The van der Waals surface area contributed by atoms with Crippen LogP contribution in [-0.2, 0) is 38.1 Å². The van der Waals surface area contributed by atoms with E-state index in [-0.39, 0.29) is 36.1 Å². The van der Waals surface area contributed by atoms with Crippen LogP contribution in [0.4, 0.5) is 35.4 Å². The normalized spacial score (nSPS) is 24.0. The molecule has 22 heteroatoms. The van der Waals surface area contributed by atoms with Gasteiger partial charge in [0.1, 0.15) is 29.6 Å². The molecule has 5 aliphatic heterocycles. The zero-order valence-corrected chi connectivity index (χ0v) is 46.5. The van der Waals surface area contributed by atoms with Gasteiger partial charge in [-0.2, -0.15) is 0 Å². The molecule has 5 aliphatic rings. The highest BCUT2D eigenvalue weighted by Gasteiger charge is 2.45. The number of aromatic nitrogens is 2. The molecule has 1 aromatic heterocycles. The number of amides is 5. The standard InChI is InChI=1S/C56H75F2N9O10S/c1-33(74-4)48(62-55(71)76-6)53(69)65-20-10-11-46(65)51-60-42-17-14-37(28-43(42)61-51)45-19-18-44(67(45)39-29-40(57)50(41(58)30-39)64-21-25-78(26-22-64)23-8-9-24-78)36-12-15-38(16-13-36)59-52(68)47-27-35(32-73-3)31-66(47)54(70)49(34(2)75-5)63-56(72)77-7/h12-17,28-30,33-35,44-49H,8-11,18-27,31-32H2,1-7H3,(H,59,68)(H,60,61)(H,62,71)(H,63,72)/t33-,34-,35+,44-,45-,46+,47+,48+,49+/m1/s1. The lowest BCUT2D eigenvalue weighted by Gasteiger charge is -2.45. The molecule has 424 valence electrons. The van der Waals surface area contributed by atoms with Gasteiger partial charge in [0.2, 0.25) is 17.7 Å². The van der Waals surface area contributed by atoms with E-state index in [1.807, 2.05) is 35.2 Å². The van der Waals surface area contributed by atoms with Crippen LogP contribution in [0.3, 0.4) is 0 Å². The predicted molar refractivity (Wildman–Crippen MR) is 294 cm³/mol. The third-order valence-corrected chi connectivity index (χ3v) is 21.2. The van der Waals surface area contributed by atoms with Gasteiger partial charge in [-0.25, -0.2) is 33.4 Å². The number of hydrogen-bond donors (Lipinski definition) is 4. The lowest BCUT2D eigenvalue weighted by Crippen LogP contribution is -2.56. The molecule has 0 unspecified atom stereocenters. The van der Waals surface area contributed by atoms with E-state index in [1.165, 1.54) is 69.8 Å². The van der Waals surface area contributed by atoms with E-state index in [9.17, 15) is 24.0 Å². The molecule has 0 radical (unpaired) electrons. The minimum absolute atomic E-state index is 0.0211. The first-order valence-electron chi connectivity index (χ1n) is 27.1. The maximum absolute atomic E-state index is 16.8. The Morgan fingerprint density at radius 3 is 1.90 bits per heavy atom. The van der Waals surface area contributed by atoms with E-state index in [4.69, 9.17) is 28.7 Å². The number of likely N-dealkylation sites (tertiary alicyclic amines) is 2. The summed E-state index contributed by atoms with van der Waals surface area (Å²) < 4.78 is 59.5. The molecule has 19 nitrogen and oxygen atoms in total. The first-order chi connectivity index (χ1) is 37.6. The molecule has 0 saturated carbocycles. The smallest absolute Gasteiger partial charge is 0.407 e. The number of anilines is 3. The van der Waals surface area contributed by atoms with E-state index in [0.29, 0.717) is 74.6 Å². The number of H-pyrrole nitrogens is 1. The largest absolute Gasteiger partial charge is 0.453 e. The highest BCUT2D eigenvalue weighted by molar-refractivity contribution is 8.34. The lowest BCUT2D eigenvalue weighted by atomic mass is 10.0. The summed E-state index contributed by atoms with van der Waals surface area (Å²) in [6, 6.07) is 12.2. The molecule has 4 aromatic rings. The second kappa shape index (κ2) is 24.4. The molecule has 3 aromatic carbocycles. The molecular formula is C56H75F2N9O10S. The number of imidazole rings is 1. The molecule has 9 atom stereocenters. The Morgan fingerprint density at radius 1 is 0.718 bits per heavy atom. The van der Waals surface area contributed by atoms with Crippen LogP contribution >= 0.6 is 10.0 Å². The van der Waals surface area contributed by atoms with Crippen LogP contribution in [0.25, 0.3) is 11.0 Å². The van der Waals surface area contributed by atoms with E-state index < -0.39 is 82.0 Å². The van der Waals surface area contributed by atoms with E-state index in [2.05, 4.69) is 25.8 Å². The maximum atomic E-state index is 16.8. The summed E-state index contributed by atoms with van der Waals surface area (Å²) in [5.41, 5.74) is 4.09. The van der Waals surface area contributed by atoms with E-state index >= 15 is 8.78 Å². The van der Waals surface area contributed by atoms with Crippen LogP contribution in [0, 0.1) is 17.6 Å². The average Bonchev–Trinajstić information content (AvgIpc) is 4.33. The number of carbonyl (C=O) groups excluding carboxylic acids is 5. The molecule has 5 amide bonds. The minimum Gasteiger partial charge on any atom is -0.453 e. The average molecular weight is 1100 g/mol. The Bertz CT molecular complexity index is 2790. The van der Waals surface area contributed by atoms with Crippen LogP contribution < -0.4 is 25.8 Å². The highest BCUT2D eigenvalue weighted by Crippen LogP contribution is 2.56. The van der Waals surface area contributed by atoms with Gasteiger partial charge >= 0.3 is 12.2 Å². The predicted octanol–water partition coefficient (Wildman–Crippen LogP) is 7.33. The summed E-state index contributed by atoms with van der Waals surface area (Å²) in [7, 11) is 6.19. The van der Waals surface area contributed by atoms with Crippen molar-refractivity contribution in [2.75, 3.05) is 106 Å². The minimum atomic E-state index is -1.12. The Kier molecular flexibility index (Phi) is 17.7. The number of methoxy groups -OCH3 is 5. The van der Waals surface area contributed by atoms with Gasteiger partial charge in [0.25, 0.3) is 0 Å². The molecular weight excluding hydrogens is 1030 g/mol. The summed E-state index contributed by atoms with van der Waals surface area (Å²) in [4.78, 5) is 82.5. The third kappa shape index (κ3) is 11.7. The summed E-state index contributed by atoms with van der Waals surface area (Å²) >= 11 is 0. The van der Waals surface area contributed by atoms with Gasteiger partial charge < -0.3 is 64.2 Å². The number of carbonyl (C=O) groups is 5. The van der Waals surface area contributed by atoms with Crippen molar-refractivity contribution in [2.24, 2.45) is 5.92 Å². The Morgan fingerprint density at radius 2 is 1.31 bits per heavy atom. The number of rotatable bonds is 17. The monoisotopic (exact) mass is 1100 g/mol. The van der Waals surface area contributed by atoms with Crippen LogP contribution in [0.2, 0.25) is 0 Å². The van der Waals surface area contributed by atoms with Gasteiger partial charge in [0.15, 0.2) is 11.6 Å². The fourth-order valence-electron chi connectivity index (χ4n) is 12.5. The summed E-state index contributed by atoms with van der Waals surface area (Å²) in [6.07, 6.45) is 2.55.